The van der Waals surface area contributed by atoms with E-state index in [2.05, 4.69) is 41.8 Å². The molecular formula is C11H10NS2+. The first-order valence-electron chi connectivity index (χ1n) is 4.27. The van der Waals surface area contributed by atoms with Crippen LogP contribution in [0.25, 0.3) is 10.2 Å². The van der Waals surface area contributed by atoms with E-state index in [1.54, 1.807) is 23.1 Å². The molecule has 2 rings (SSSR count). The van der Waals surface area contributed by atoms with Gasteiger partial charge in [-0.1, -0.05) is 29.4 Å². The molecule has 0 aliphatic heterocycles. The van der Waals surface area contributed by atoms with E-state index >= 15 is 0 Å². The maximum atomic E-state index is 5.25. The van der Waals surface area contributed by atoms with Crippen LogP contribution in [-0.4, -0.2) is 5.75 Å². The van der Waals surface area contributed by atoms with E-state index in [1.807, 2.05) is 0 Å². The molecule has 0 aliphatic rings. The van der Waals surface area contributed by atoms with Crippen molar-refractivity contribution in [2.24, 2.45) is 7.05 Å². The Morgan fingerprint density at radius 3 is 3.00 bits per heavy atom. The zero-order valence-corrected chi connectivity index (χ0v) is 9.49. The van der Waals surface area contributed by atoms with Crippen molar-refractivity contribution in [3.05, 3.63) is 24.3 Å². The maximum absolute atomic E-state index is 5.25. The average Bonchev–Trinajstić information content (AvgIpc) is 2.54. The van der Waals surface area contributed by atoms with E-state index in [1.165, 1.54) is 14.6 Å². The lowest BCUT2D eigenvalue weighted by Gasteiger charge is -1.87. The van der Waals surface area contributed by atoms with Crippen molar-refractivity contribution >= 4 is 33.3 Å². The molecule has 1 heterocycles. The molecule has 0 spiro atoms. The Labute approximate surface area is 91.8 Å². The van der Waals surface area contributed by atoms with Crippen LogP contribution in [0.1, 0.15) is 0 Å². The first-order chi connectivity index (χ1) is 6.83. The van der Waals surface area contributed by atoms with Gasteiger partial charge in [0.2, 0.25) is 5.52 Å². The molecule has 0 saturated carbocycles. The fourth-order valence-electron chi connectivity index (χ4n) is 1.31. The monoisotopic (exact) mass is 220 g/mol. The molecule has 1 aromatic heterocycles. The number of thiazole rings is 1. The number of para-hydroxylation sites is 1. The second-order valence-electron chi connectivity index (χ2n) is 2.89. The lowest BCUT2D eigenvalue weighted by molar-refractivity contribution is -0.676. The molecule has 2 aromatic rings. The predicted molar refractivity (Wildman–Crippen MR) is 62.6 cm³/mol. The minimum absolute atomic E-state index is 0.737. The Balaban J connectivity index is 2.47. The van der Waals surface area contributed by atoms with Crippen LogP contribution in [0.2, 0.25) is 0 Å². The standard InChI is InChI=1S/C11H10NS2/c1-3-8-13-11-12(2)9-6-4-5-7-10(9)14-11/h1,4-7H,8H2,2H3/q+1. The summed E-state index contributed by atoms with van der Waals surface area (Å²) in [5.74, 6) is 3.38. The van der Waals surface area contributed by atoms with Crippen molar-refractivity contribution in [3.63, 3.8) is 0 Å². The van der Waals surface area contributed by atoms with E-state index in [0.717, 1.165) is 5.75 Å². The normalized spacial score (nSPS) is 10.3. The van der Waals surface area contributed by atoms with Gasteiger partial charge in [0.15, 0.2) is 0 Å². The van der Waals surface area contributed by atoms with Gasteiger partial charge in [0.1, 0.15) is 11.7 Å². The second kappa shape index (κ2) is 4.04. The summed E-state index contributed by atoms with van der Waals surface area (Å²) in [7, 11) is 2.08. The summed E-state index contributed by atoms with van der Waals surface area (Å²) in [6, 6.07) is 8.39. The Morgan fingerprint density at radius 1 is 1.50 bits per heavy atom. The van der Waals surface area contributed by atoms with Gasteiger partial charge in [0.25, 0.3) is 4.34 Å². The van der Waals surface area contributed by atoms with Crippen molar-refractivity contribution in [1.29, 1.82) is 0 Å². The number of fused-ring (bicyclic) bond motifs is 1. The van der Waals surface area contributed by atoms with E-state index in [0.29, 0.717) is 0 Å². The third kappa shape index (κ3) is 1.63. The highest BCUT2D eigenvalue weighted by atomic mass is 32.2. The Bertz CT molecular complexity index is 493. The van der Waals surface area contributed by atoms with Gasteiger partial charge in [-0.25, -0.2) is 0 Å². The summed E-state index contributed by atoms with van der Waals surface area (Å²) < 4.78 is 4.78. The first-order valence-corrected chi connectivity index (χ1v) is 6.07. The zero-order valence-electron chi connectivity index (χ0n) is 7.86. The predicted octanol–water partition coefficient (Wildman–Crippen LogP) is 2.45. The Kier molecular flexibility index (Phi) is 2.76. The number of nitrogens with zero attached hydrogens (tertiary/aromatic N) is 1. The highest BCUT2D eigenvalue weighted by Crippen LogP contribution is 2.26. The van der Waals surface area contributed by atoms with Gasteiger partial charge >= 0.3 is 0 Å². The van der Waals surface area contributed by atoms with Crippen molar-refractivity contribution < 1.29 is 4.57 Å². The maximum Gasteiger partial charge on any atom is 0.299 e. The van der Waals surface area contributed by atoms with Gasteiger partial charge in [0, 0.05) is 6.07 Å². The molecule has 1 aromatic carbocycles. The molecule has 0 amide bonds. The largest absolute Gasteiger partial charge is 0.299 e. The molecule has 1 nitrogen and oxygen atoms in total. The van der Waals surface area contributed by atoms with Crippen LogP contribution in [0.5, 0.6) is 0 Å². The van der Waals surface area contributed by atoms with Crippen LogP contribution in [0, 0.1) is 12.3 Å². The minimum Gasteiger partial charge on any atom is -0.179 e. The van der Waals surface area contributed by atoms with E-state index in [-0.39, 0.29) is 0 Å². The lowest BCUT2D eigenvalue weighted by atomic mass is 10.3. The summed E-state index contributed by atoms with van der Waals surface area (Å²) in [4.78, 5) is 0. The first kappa shape index (κ1) is 9.57. The number of aromatic nitrogens is 1. The Morgan fingerprint density at radius 2 is 2.29 bits per heavy atom. The average molecular weight is 220 g/mol. The number of benzene rings is 1. The van der Waals surface area contributed by atoms with E-state index < -0.39 is 0 Å². The minimum atomic E-state index is 0.737. The van der Waals surface area contributed by atoms with Gasteiger partial charge in [0.05, 0.1) is 5.75 Å². The second-order valence-corrected chi connectivity index (χ2v) is 5.14. The van der Waals surface area contributed by atoms with Gasteiger partial charge in [-0.05, 0) is 17.8 Å². The smallest absolute Gasteiger partial charge is 0.179 e. The molecule has 0 bridgehead atoms. The fraction of sp³-hybridized carbons (Fsp3) is 0.182. The molecule has 0 N–H and O–H groups in total. The fourth-order valence-corrected chi connectivity index (χ4v) is 3.37. The molecule has 0 atom stereocenters. The van der Waals surface area contributed by atoms with Crippen LogP contribution in [-0.2, 0) is 7.05 Å². The van der Waals surface area contributed by atoms with Gasteiger partial charge < -0.3 is 0 Å². The third-order valence-electron chi connectivity index (χ3n) is 1.98. The summed E-state index contributed by atoms with van der Waals surface area (Å²) in [6.45, 7) is 0. The molecule has 70 valence electrons. The molecule has 0 fully saturated rings. The number of terminal acetylenes is 1. The van der Waals surface area contributed by atoms with Gasteiger partial charge in [-0.2, -0.15) is 4.57 Å². The molecule has 14 heavy (non-hydrogen) atoms. The van der Waals surface area contributed by atoms with Crippen LogP contribution in [0.15, 0.2) is 28.6 Å². The zero-order chi connectivity index (χ0) is 9.97. The number of thioether (sulfide) groups is 1. The summed E-state index contributed by atoms with van der Waals surface area (Å²) in [6.07, 6.45) is 5.25. The number of aryl methyl sites for hydroxylation is 1. The van der Waals surface area contributed by atoms with Crippen LogP contribution in [0.3, 0.4) is 0 Å². The number of rotatable bonds is 2. The highest BCUT2D eigenvalue weighted by Gasteiger charge is 2.15. The molecule has 3 heteroatoms. The Hall–Kier alpha value is -0.980. The SMILES string of the molecule is C#CCSc1sc2ccccc2[n+]1C. The molecule has 0 aliphatic carbocycles. The van der Waals surface area contributed by atoms with Crippen LogP contribution >= 0.6 is 23.1 Å². The quantitative estimate of drug-likeness (QED) is 0.427. The molecule has 0 radical (unpaired) electrons. The molecular weight excluding hydrogens is 210 g/mol. The van der Waals surface area contributed by atoms with Crippen molar-refractivity contribution in [2.75, 3.05) is 5.75 Å². The summed E-state index contributed by atoms with van der Waals surface area (Å²) >= 11 is 3.51. The van der Waals surface area contributed by atoms with Gasteiger partial charge in [-0.15, -0.1) is 6.42 Å². The van der Waals surface area contributed by atoms with E-state index in [4.69, 9.17) is 6.42 Å². The van der Waals surface area contributed by atoms with Crippen molar-refractivity contribution in [2.45, 2.75) is 4.34 Å². The summed E-state index contributed by atoms with van der Waals surface area (Å²) in [5, 5.41) is 0. The number of hydrogen-bond acceptors (Lipinski definition) is 2. The highest BCUT2D eigenvalue weighted by molar-refractivity contribution is 8.01. The summed E-state index contributed by atoms with van der Waals surface area (Å²) in [5.41, 5.74) is 1.28. The van der Waals surface area contributed by atoms with Gasteiger partial charge in [-0.3, -0.25) is 0 Å². The van der Waals surface area contributed by atoms with Crippen molar-refractivity contribution in [3.8, 4) is 12.3 Å². The molecule has 0 saturated heterocycles. The van der Waals surface area contributed by atoms with E-state index in [9.17, 15) is 0 Å². The third-order valence-corrected chi connectivity index (χ3v) is 4.43. The topological polar surface area (TPSA) is 3.88 Å². The number of hydrogen-bond donors (Lipinski definition) is 0. The van der Waals surface area contributed by atoms with Crippen LogP contribution in [0.4, 0.5) is 0 Å². The molecule has 0 unspecified atom stereocenters. The van der Waals surface area contributed by atoms with Crippen LogP contribution < -0.4 is 4.57 Å². The lowest BCUT2D eigenvalue weighted by Crippen LogP contribution is -2.28. The van der Waals surface area contributed by atoms with Crippen molar-refractivity contribution in [1.82, 2.24) is 0 Å².